The fourth-order valence-electron chi connectivity index (χ4n) is 1.04. The molecule has 1 rings (SSSR count). The number of aryl methyl sites for hydroxylation is 1. The third-order valence-corrected chi connectivity index (χ3v) is 2.72. The van der Waals surface area contributed by atoms with Gasteiger partial charge in [0, 0.05) is 11.0 Å². The van der Waals surface area contributed by atoms with Crippen LogP contribution in [-0.4, -0.2) is 24.6 Å². The minimum atomic E-state index is -0.226. The molecular weight excluding hydrogens is 260 g/mol. The molecule has 1 N–H and O–H groups in total. The number of methoxy groups -OCH3 is 1. The molecule has 0 aliphatic rings. The molecule has 0 saturated heterocycles. The van der Waals surface area contributed by atoms with Gasteiger partial charge in [0.25, 0.3) is 0 Å². The van der Waals surface area contributed by atoms with Crippen LogP contribution in [0.4, 0.5) is 5.82 Å². The maximum absolute atomic E-state index is 10.8. The highest BCUT2D eigenvalue weighted by Crippen LogP contribution is 2.15. The molecular formula is C10H13BrN2O2. The summed E-state index contributed by atoms with van der Waals surface area (Å²) in [4.78, 5) is 15.1. The molecule has 1 heterocycles. The number of pyridine rings is 1. The first kappa shape index (κ1) is 12.0. The van der Waals surface area contributed by atoms with Crippen LogP contribution in [0.25, 0.3) is 0 Å². The van der Waals surface area contributed by atoms with Crippen molar-refractivity contribution in [2.75, 3.05) is 19.0 Å². The van der Waals surface area contributed by atoms with Crippen LogP contribution in [0.1, 0.15) is 12.1 Å². The van der Waals surface area contributed by atoms with E-state index in [0.717, 1.165) is 16.0 Å². The van der Waals surface area contributed by atoms with Crippen molar-refractivity contribution >= 4 is 27.7 Å². The third-order valence-electron chi connectivity index (χ3n) is 1.88. The van der Waals surface area contributed by atoms with Crippen molar-refractivity contribution in [2.45, 2.75) is 13.3 Å². The number of ether oxygens (including phenoxy) is 1. The average molecular weight is 273 g/mol. The van der Waals surface area contributed by atoms with Gasteiger partial charge in [0.15, 0.2) is 0 Å². The molecule has 4 nitrogen and oxygen atoms in total. The normalized spacial score (nSPS) is 9.80. The van der Waals surface area contributed by atoms with E-state index >= 15 is 0 Å². The summed E-state index contributed by atoms with van der Waals surface area (Å²) in [7, 11) is 1.38. The van der Waals surface area contributed by atoms with Crippen LogP contribution in [-0.2, 0) is 9.53 Å². The fourth-order valence-corrected chi connectivity index (χ4v) is 1.26. The molecule has 0 fully saturated rings. The van der Waals surface area contributed by atoms with E-state index in [4.69, 9.17) is 0 Å². The number of carbonyl (C=O) groups excluding carboxylic acids is 1. The highest BCUT2D eigenvalue weighted by molar-refractivity contribution is 9.10. The molecule has 15 heavy (non-hydrogen) atoms. The van der Waals surface area contributed by atoms with Crippen molar-refractivity contribution in [3.63, 3.8) is 0 Å². The molecule has 0 aliphatic carbocycles. The van der Waals surface area contributed by atoms with E-state index in [1.54, 1.807) is 0 Å². The second kappa shape index (κ2) is 5.70. The molecule has 0 radical (unpaired) electrons. The Balaban J connectivity index is 2.44. The number of rotatable bonds is 4. The molecule has 5 heteroatoms. The second-order valence-corrected chi connectivity index (χ2v) is 3.87. The van der Waals surface area contributed by atoms with Crippen molar-refractivity contribution in [3.05, 3.63) is 22.3 Å². The van der Waals surface area contributed by atoms with Crippen molar-refractivity contribution in [1.29, 1.82) is 0 Å². The van der Waals surface area contributed by atoms with Gasteiger partial charge in [-0.25, -0.2) is 4.98 Å². The molecule has 0 atom stereocenters. The average Bonchev–Trinajstić information content (AvgIpc) is 2.23. The Bertz CT molecular complexity index is 355. The van der Waals surface area contributed by atoms with Gasteiger partial charge in [-0.2, -0.15) is 0 Å². The van der Waals surface area contributed by atoms with E-state index in [1.807, 2.05) is 19.1 Å². The van der Waals surface area contributed by atoms with Crippen molar-refractivity contribution < 1.29 is 9.53 Å². The molecule has 0 aliphatic heterocycles. The topological polar surface area (TPSA) is 51.2 Å². The van der Waals surface area contributed by atoms with Crippen molar-refractivity contribution in [2.24, 2.45) is 0 Å². The Morgan fingerprint density at radius 3 is 2.93 bits per heavy atom. The maximum atomic E-state index is 10.8. The summed E-state index contributed by atoms with van der Waals surface area (Å²) in [6.07, 6.45) is 0.341. The summed E-state index contributed by atoms with van der Waals surface area (Å²) in [6.45, 7) is 2.44. The predicted molar refractivity (Wildman–Crippen MR) is 61.8 cm³/mol. The SMILES string of the molecule is COC(=O)CCNc1ccc(Br)c(C)n1. The first-order valence-electron chi connectivity index (χ1n) is 4.57. The van der Waals surface area contributed by atoms with E-state index in [0.29, 0.717) is 13.0 Å². The number of nitrogens with one attached hydrogen (secondary N) is 1. The van der Waals surface area contributed by atoms with E-state index in [1.165, 1.54) is 7.11 Å². The summed E-state index contributed by atoms with van der Waals surface area (Å²) < 4.78 is 5.50. The Labute approximate surface area is 97.2 Å². The lowest BCUT2D eigenvalue weighted by molar-refractivity contribution is -0.140. The Hall–Kier alpha value is -1.10. The number of esters is 1. The maximum Gasteiger partial charge on any atom is 0.307 e. The molecule has 0 saturated carbocycles. The molecule has 82 valence electrons. The number of aromatic nitrogens is 1. The summed E-state index contributed by atoms with van der Waals surface area (Å²) in [5, 5.41) is 3.05. The van der Waals surface area contributed by atoms with Crippen LogP contribution in [0.5, 0.6) is 0 Å². The number of hydrogen-bond acceptors (Lipinski definition) is 4. The minimum Gasteiger partial charge on any atom is -0.469 e. The number of nitrogens with zero attached hydrogens (tertiary/aromatic N) is 1. The van der Waals surface area contributed by atoms with Crippen LogP contribution < -0.4 is 5.32 Å². The summed E-state index contributed by atoms with van der Waals surface area (Å²) in [5.41, 5.74) is 0.915. The predicted octanol–water partition coefficient (Wildman–Crippen LogP) is 2.13. The van der Waals surface area contributed by atoms with E-state index in [9.17, 15) is 4.79 Å². The molecule has 0 bridgehead atoms. The Morgan fingerprint density at radius 1 is 1.60 bits per heavy atom. The van der Waals surface area contributed by atoms with Gasteiger partial charge in [-0.1, -0.05) is 0 Å². The zero-order valence-corrected chi connectivity index (χ0v) is 10.3. The van der Waals surface area contributed by atoms with E-state index < -0.39 is 0 Å². The lowest BCUT2D eigenvalue weighted by Crippen LogP contribution is -2.10. The largest absolute Gasteiger partial charge is 0.469 e. The number of hydrogen-bond donors (Lipinski definition) is 1. The first-order chi connectivity index (χ1) is 7.13. The highest BCUT2D eigenvalue weighted by atomic mass is 79.9. The smallest absolute Gasteiger partial charge is 0.307 e. The lowest BCUT2D eigenvalue weighted by atomic mass is 10.3. The van der Waals surface area contributed by atoms with Crippen LogP contribution in [0.3, 0.4) is 0 Å². The van der Waals surface area contributed by atoms with Gasteiger partial charge in [0.2, 0.25) is 0 Å². The number of carbonyl (C=O) groups is 1. The molecule has 0 unspecified atom stereocenters. The minimum absolute atomic E-state index is 0.226. The van der Waals surface area contributed by atoms with E-state index in [2.05, 4.69) is 31.0 Å². The third kappa shape index (κ3) is 3.87. The molecule has 0 aromatic carbocycles. The molecule has 1 aromatic rings. The van der Waals surface area contributed by atoms with Crippen LogP contribution >= 0.6 is 15.9 Å². The van der Waals surface area contributed by atoms with Crippen LogP contribution in [0, 0.1) is 6.92 Å². The summed E-state index contributed by atoms with van der Waals surface area (Å²) >= 11 is 3.37. The quantitative estimate of drug-likeness (QED) is 0.854. The zero-order valence-electron chi connectivity index (χ0n) is 8.71. The fraction of sp³-hybridized carbons (Fsp3) is 0.400. The monoisotopic (exact) mass is 272 g/mol. The highest BCUT2D eigenvalue weighted by Gasteiger charge is 2.01. The Kier molecular flexibility index (Phi) is 4.55. The summed E-state index contributed by atoms with van der Waals surface area (Å²) in [6, 6.07) is 3.77. The van der Waals surface area contributed by atoms with Crippen molar-refractivity contribution in [3.8, 4) is 0 Å². The number of halogens is 1. The van der Waals surface area contributed by atoms with Gasteiger partial charge in [0.05, 0.1) is 19.2 Å². The van der Waals surface area contributed by atoms with Gasteiger partial charge < -0.3 is 10.1 Å². The Morgan fingerprint density at radius 2 is 2.33 bits per heavy atom. The number of anilines is 1. The lowest BCUT2D eigenvalue weighted by Gasteiger charge is -2.06. The van der Waals surface area contributed by atoms with Crippen LogP contribution in [0.2, 0.25) is 0 Å². The molecule has 0 spiro atoms. The van der Waals surface area contributed by atoms with E-state index in [-0.39, 0.29) is 5.97 Å². The van der Waals surface area contributed by atoms with Crippen molar-refractivity contribution in [1.82, 2.24) is 4.98 Å². The van der Waals surface area contributed by atoms with Crippen LogP contribution in [0.15, 0.2) is 16.6 Å². The summed E-state index contributed by atoms with van der Waals surface area (Å²) in [5.74, 6) is 0.538. The molecule has 0 amide bonds. The van der Waals surface area contributed by atoms with Gasteiger partial charge in [0.1, 0.15) is 5.82 Å². The van der Waals surface area contributed by atoms with Gasteiger partial charge in [-0.05, 0) is 35.0 Å². The van der Waals surface area contributed by atoms with Gasteiger partial charge in [-0.15, -0.1) is 0 Å². The van der Waals surface area contributed by atoms with Gasteiger partial charge >= 0.3 is 5.97 Å². The zero-order chi connectivity index (χ0) is 11.3. The standard InChI is InChI=1S/C10H13BrN2O2/c1-7-8(11)3-4-9(13-7)12-6-5-10(14)15-2/h3-4H,5-6H2,1-2H3,(H,12,13). The second-order valence-electron chi connectivity index (χ2n) is 3.02. The van der Waals surface area contributed by atoms with Gasteiger partial charge in [-0.3, -0.25) is 4.79 Å². The first-order valence-corrected chi connectivity index (χ1v) is 5.36. The molecule has 1 aromatic heterocycles.